The molecular formula is C24H30N2O2. The first-order valence-corrected chi connectivity index (χ1v) is 10.5. The van der Waals surface area contributed by atoms with Gasteiger partial charge in [0.15, 0.2) is 6.10 Å². The van der Waals surface area contributed by atoms with E-state index in [-0.39, 0.29) is 18.1 Å². The predicted molar refractivity (Wildman–Crippen MR) is 110 cm³/mol. The van der Waals surface area contributed by atoms with Gasteiger partial charge in [0.2, 0.25) is 0 Å². The molecule has 2 fully saturated rings. The molecule has 2 aromatic carbocycles. The van der Waals surface area contributed by atoms with Gasteiger partial charge in [0.25, 0.3) is 5.91 Å². The van der Waals surface area contributed by atoms with Gasteiger partial charge in [-0.15, -0.1) is 0 Å². The third-order valence-electron chi connectivity index (χ3n) is 6.13. The molecule has 1 amide bonds. The van der Waals surface area contributed by atoms with E-state index in [1.165, 1.54) is 5.56 Å². The molecule has 4 nitrogen and oxygen atoms in total. The first-order chi connectivity index (χ1) is 13.6. The lowest BCUT2D eigenvalue weighted by molar-refractivity contribution is -0.220. The van der Waals surface area contributed by atoms with Crippen molar-refractivity contribution in [3.63, 3.8) is 0 Å². The highest BCUT2D eigenvalue weighted by Crippen LogP contribution is 2.36. The molecule has 0 aliphatic carbocycles. The van der Waals surface area contributed by atoms with E-state index < -0.39 is 0 Å². The van der Waals surface area contributed by atoms with Gasteiger partial charge in [-0.25, -0.2) is 5.01 Å². The molecule has 0 spiro atoms. The van der Waals surface area contributed by atoms with E-state index in [1.807, 2.05) is 41.4 Å². The maximum Gasteiger partial charge on any atom is 0.268 e. The highest BCUT2D eigenvalue weighted by molar-refractivity contribution is 5.88. The topological polar surface area (TPSA) is 32.8 Å². The van der Waals surface area contributed by atoms with E-state index in [0.717, 1.165) is 31.2 Å². The molecule has 2 saturated heterocycles. The molecule has 4 heteroatoms. The molecule has 0 aromatic heterocycles. The minimum Gasteiger partial charge on any atom is -0.361 e. The number of hydrogen-bond acceptors (Lipinski definition) is 3. The summed E-state index contributed by atoms with van der Waals surface area (Å²) in [5.41, 5.74) is 2.42. The van der Waals surface area contributed by atoms with Crippen LogP contribution >= 0.6 is 0 Å². The summed E-state index contributed by atoms with van der Waals surface area (Å²) < 4.78 is 6.12. The fourth-order valence-electron chi connectivity index (χ4n) is 4.57. The second kappa shape index (κ2) is 8.46. The highest BCUT2D eigenvalue weighted by Gasteiger charge is 2.53. The lowest BCUT2D eigenvalue weighted by Crippen LogP contribution is -2.72. The number of ether oxygens (including phenoxy) is 1. The van der Waals surface area contributed by atoms with Crippen LogP contribution in [0, 0.1) is 0 Å². The molecule has 148 valence electrons. The second-order valence-corrected chi connectivity index (χ2v) is 8.15. The van der Waals surface area contributed by atoms with E-state index in [0.29, 0.717) is 18.7 Å². The number of benzene rings is 2. The van der Waals surface area contributed by atoms with Crippen LogP contribution in [0.2, 0.25) is 0 Å². The van der Waals surface area contributed by atoms with Crippen molar-refractivity contribution in [2.45, 2.75) is 70.4 Å². The maximum absolute atomic E-state index is 13.0. The van der Waals surface area contributed by atoms with Gasteiger partial charge in [0.05, 0.1) is 12.6 Å². The van der Waals surface area contributed by atoms with Crippen LogP contribution in [0.3, 0.4) is 0 Å². The molecule has 28 heavy (non-hydrogen) atoms. The van der Waals surface area contributed by atoms with Crippen LogP contribution in [0.1, 0.15) is 44.2 Å². The minimum atomic E-state index is -0.344. The number of β-lactam (4-membered cyclic amide) rings is 1. The molecule has 4 atom stereocenters. The predicted octanol–water partition coefficient (Wildman–Crippen LogP) is 4.20. The van der Waals surface area contributed by atoms with E-state index in [4.69, 9.17) is 4.74 Å². The molecule has 0 radical (unpaired) electrons. The van der Waals surface area contributed by atoms with Crippen LogP contribution in [0.15, 0.2) is 60.7 Å². The van der Waals surface area contributed by atoms with Gasteiger partial charge in [-0.3, -0.25) is 9.80 Å². The molecule has 2 aliphatic heterocycles. The third kappa shape index (κ3) is 3.85. The SMILES string of the molecule is C[C@@H]1CC[C@@H](C)N1N1C(=O)[C@H](OCc2ccccc2)[C@@H]1CCc1ccccc1. The Labute approximate surface area is 168 Å². The Morgan fingerprint density at radius 3 is 2.07 bits per heavy atom. The Bertz CT molecular complexity index is 770. The van der Waals surface area contributed by atoms with E-state index in [1.54, 1.807) is 0 Å². The number of nitrogens with zero attached hydrogens (tertiary/aromatic N) is 2. The molecule has 0 unspecified atom stereocenters. The summed E-state index contributed by atoms with van der Waals surface area (Å²) in [4.78, 5) is 13.0. The van der Waals surface area contributed by atoms with Crippen molar-refractivity contribution in [3.8, 4) is 0 Å². The summed E-state index contributed by atoms with van der Waals surface area (Å²) in [5.74, 6) is 0.120. The maximum atomic E-state index is 13.0. The standard InChI is InChI=1S/C24H30N2O2/c1-18-13-14-19(2)25(18)26-22(16-15-20-9-5-3-6-10-20)23(24(26)27)28-17-21-11-7-4-8-12-21/h3-12,18-19,22-23H,13-17H2,1-2H3/t18-,19-,22+,23-/m1/s1. The van der Waals surface area contributed by atoms with Crippen molar-refractivity contribution >= 4 is 5.91 Å². The second-order valence-electron chi connectivity index (χ2n) is 8.15. The van der Waals surface area contributed by atoms with Crippen LogP contribution in [-0.2, 0) is 22.6 Å². The fraction of sp³-hybridized carbons (Fsp3) is 0.458. The Kier molecular flexibility index (Phi) is 5.79. The van der Waals surface area contributed by atoms with Crippen molar-refractivity contribution in [2.24, 2.45) is 0 Å². The van der Waals surface area contributed by atoms with Gasteiger partial charge >= 0.3 is 0 Å². The smallest absolute Gasteiger partial charge is 0.268 e. The summed E-state index contributed by atoms with van der Waals surface area (Å²) in [6.45, 7) is 4.93. The normalized spacial score (nSPS) is 27.8. The zero-order chi connectivity index (χ0) is 19.5. The van der Waals surface area contributed by atoms with Crippen molar-refractivity contribution < 1.29 is 9.53 Å². The van der Waals surface area contributed by atoms with E-state index in [9.17, 15) is 4.79 Å². The van der Waals surface area contributed by atoms with Gasteiger partial charge in [-0.1, -0.05) is 60.7 Å². The molecule has 2 aromatic rings. The van der Waals surface area contributed by atoms with Gasteiger partial charge in [-0.2, -0.15) is 0 Å². The molecule has 0 N–H and O–H groups in total. The quantitative estimate of drug-likeness (QED) is 0.677. The number of aryl methyl sites for hydroxylation is 1. The number of hydrazine groups is 1. The first kappa shape index (κ1) is 19.2. The fourth-order valence-corrected chi connectivity index (χ4v) is 4.57. The van der Waals surface area contributed by atoms with Gasteiger partial charge in [0, 0.05) is 12.1 Å². The lowest BCUT2D eigenvalue weighted by atomic mass is 9.93. The van der Waals surface area contributed by atoms with Crippen LogP contribution in [-0.4, -0.2) is 40.2 Å². The average Bonchev–Trinajstić information content (AvgIpc) is 3.05. The number of rotatable bonds is 7. The Morgan fingerprint density at radius 1 is 0.893 bits per heavy atom. The number of amides is 1. The van der Waals surface area contributed by atoms with Crippen molar-refractivity contribution in [1.29, 1.82) is 0 Å². The number of hydrogen-bond donors (Lipinski definition) is 0. The van der Waals surface area contributed by atoms with E-state index in [2.05, 4.69) is 43.1 Å². The van der Waals surface area contributed by atoms with E-state index >= 15 is 0 Å². The summed E-state index contributed by atoms with van der Waals surface area (Å²) in [6.07, 6.45) is 3.82. The van der Waals surface area contributed by atoms with Crippen LogP contribution in [0.5, 0.6) is 0 Å². The monoisotopic (exact) mass is 378 g/mol. The number of carbonyl (C=O) groups excluding carboxylic acids is 1. The first-order valence-electron chi connectivity index (χ1n) is 10.5. The zero-order valence-electron chi connectivity index (χ0n) is 16.8. The molecular weight excluding hydrogens is 348 g/mol. The summed E-state index contributed by atoms with van der Waals surface area (Å²) in [7, 11) is 0. The van der Waals surface area contributed by atoms with Crippen molar-refractivity contribution in [1.82, 2.24) is 10.0 Å². The number of carbonyl (C=O) groups is 1. The molecule has 0 bridgehead atoms. The minimum absolute atomic E-state index is 0.111. The average molecular weight is 379 g/mol. The molecule has 0 saturated carbocycles. The summed E-state index contributed by atoms with van der Waals surface area (Å²) in [6, 6.07) is 21.6. The largest absolute Gasteiger partial charge is 0.361 e. The van der Waals surface area contributed by atoms with Gasteiger partial charge in [-0.05, 0) is 50.7 Å². The van der Waals surface area contributed by atoms with Gasteiger partial charge < -0.3 is 4.74 Å². The van der Waals surface area contributed by atoms with Crippen LogP contribution in [0.25, 0.3) is 0 Å². The zero-order valence-corrected chi connectivity index (χ0v) is 16.8. The van der Waals surface area contributed by atoms with Crippen molar-refractivity contribution in [2.75, 3.05) is 0 Å². The highest BCUT2D eigenvalue weighted by atomic mass is 16.5. The molecule has 2 aliphatic rings. The van der Waals surface area contributed by atoms with Crippen molar-refractivity contribution in [3.05, 3.63) is 71.8 Å². The van der Waals surface area contributed by atoms with Crippen LogP contribution in [0.4, 0.5) is 0 Å². The third-order valence-corrected chi connectivity index (χ3v) is 6.13. The molecule has 2 heterocycles. The molecule has 4 rings (SSSR count). The summed E-state index contributed by atoms with van der Waals surface area (Å²) >= 11 is 0. The Balaban J connectivity index is 1.47. The lowest BCUT2D eigenvalue weighted by Gasteiger charge is -2.53. The summed E-state index contributed by atoms with van der Waals surface area (Å²) in [5, 5.41) is 4.32. The van der Waals surface area contributed by atoms with Gasteiger partial charge in [0.1, 0.15) is 0 Å². The Morgan fingerprint density at radius 2 is 1.46 bits per heavy atom. The Hall–Kier alpha value is -2.17. The van der Waals surface area contributed by atoms with Crippen LogP contribution < -0.4 is 0 Å².